The smallest absolute Gasteiger partial charge is 0.311 e. The van der Waals surface area contributed by atoms with Crippen LogP contribution in [0.25, 0.3) is 10.6 Å². The Morgan fingerprint density at radius 3 is 3.13 bits per heavy atom. The van der Waals surface area contributed by atoms with Gasteiger partial charge >= 0.3 is 5.97 Å². The molecule has 0 amide bonds. The van der Waals surface area contributed by atoms with Crippen LogP contribution in [0, 0.1) is 0 Å². The molecule has 0 aliphatic rings. The largest absolute Gasteiger partial charge is 0.469 e. The lowest BCUT2D eigenvalue weighted by Gasteiger charge is -1.95. The molecule has 0 aromatic carbocycles. The minimum absolute atomic E-state index is 0.0766. The van der Waals surface area contributed by atoms with Crippen molar-refractivity contribution in [3.63, 3.8) is 0 Å². The van der Waals surface area contributed by atoms with Crippen LogP contribution in [-0.2, 0) is 16.0 Å². The molecule has 0 fully saturated rings. The Bertz CT molecular complexity index is 450. The highest BCUT2D eigenvalue weighted by Crippen LogP contribution is 2.25. The number of ether oxygens (including phenoxy) is 1. The summed E-state index contributed by atoms with van der Waals surface area (Å²) in [6, 6.07) is 3.79. The zero-order valence-corrected chi connectivity index (χ0v) is 8.78. The minimum Gasteiger partial charge on any atom is -0.469 e. The molecular formula is C9H8N2O3S. The zero-order valence-electron chi connectivity index (χ0n) is 7.97. The highest BCUT2D eigenvalue weighted by Gasteiger charge is 2.16. The van der Waals surface area contributed by atoms with Crippen molar-refractivity contribution in [2.75, 3.05) is 7.11 Å². The minimum atomic E-state index is -0.358. The first-order valence-corrected chi connectivity index (χ1v) is 5.11. The molecule has 2 heterocycles. The Morgan fingerprint density at radius 1 is 1.60 bits per heavy atom. The van der Waals surface area contributed by atoms with Crippen molar-refractivity contribution < 1.29 is 14.2 Å². The summed E-state index contributed by atoms with van der Waals surface area (Å²) < 4.78 is 9.16. The van der Waals surface area contributed by atoms with Crippen LogP contribution >= 0.6 is 11.3 Å². The summed E-state index contributed by atoms with van der Waals surface area (Å²) >= 11 is 1.51. The van der Waals surface area contributed by atoms with E-state index in [2.05, 4.69) is 19.7 Å². The predicted molar refractivity (Wildman–Crippen MR) is 53.3 cm³/mol. The van der Waals surface area contributed by atoms with Gasteiger partial charge in [0.25, 0.3) is 0 Å². The zero-order chi connectivity index (χ0) is 10.7. The van der Waals surface area contributed by atoms with Crippen molar-refractivity contribution in [2.24, 2.45) is 0 Å². The number of methoxy groups -OCH3 is 1. The number of rotatable bonds is 3. The average molecular weight is 224 g/mol. The maximum atomic E-state index is 11.1. The van der Waals surface area contributed by atoms with Gasteiger partial charge in [-0.3, -0.25) is 4.79 Å². The highest BCUT2D eigenvalue weighted by atomic mass is 32.1. The van der Waals surface area contributed by atoms with Crippen molar-refractivity contribution in [3.05, 3.63) is 23.2 Å². The van der Waals surface area contributed by atoms with E-state index < -0.39 is 0 Å². The van der Waals surface area contributed by atoms with Gasteiger partial charge in [0.2, 0.25) is 0 Å². The third-order valence-corrected chi connectivity index (χ3v) is 2.73. The Balaban J connectivity index is 2.27. The second kappa shape index (κ2) is 4.22. The Hall–Kier alpha value is -1.69. The number of hydrogen-bond acceptors (Lipinski definition) is 6. The van der Waals surface area contributed by atoms with Crippen LogP contribution in [0.3, 0.4) is 0 Å². The van der Waals surface area contributed by atoms with E-state index in [1.807, 2.05) is 17.5 Å². The maximum absolute atomic E-state index is 11.1. The van der Waals surface area contributed by atoms with E-state index in [9.17, 15) is 4.79 Å². The van der Waals surface area contributed by atoms with Gasteiger partial charge in [0.05, 0.1) is 18.4 Å². The molecule has 0 saturated heterocycles. The van der Waals surface area contributed by atoms with E-state index in [0.717, 1.165) is 4.88 Å². The summed E-state index contributed by atoms with van der Waals surface area (Å²) in [4.78, 5) is 12.0. The third-order valence-electron chi connectivity index (χ3n) is 1.85. The highest BCUT2D eigenvalue weighted by molar-refractivity contribution is 7.13. The molecule has 15 heavy (non-hydrogen) atoms. The monoisotopic (exact) mass is 224 g/mol. The fraction of sp³-hybridized carbons (Fsp3) is 0.222. The standard InChI is InChI=1S/C9H8N2O3S/c1-13-8(12)5-6-9(11-14-10-6)7-3-2-4-15-7/h2-4H,5H2,1H3. The van der Waals surface area contributed by atoms with Crippen LogP contribution < -0.4 is 0 Å². The van der Waals surface area contributed by atoms with Crippen molar-refractivity contribution >= 4 is 17.3 Å². The average Bonchev–Trinajstić information content (AvgIpc) is 2.86. The summed E-state index contributed by atoms with van der Waals surface area (Å²) in [5, 5.41) is 9.36. The molecule has 0 atom stereocenters. The quantitative estimate of drug-likeness (QED) is 0.739. The Kier molecular flexibility index (Phi) is 2.77. The molecule has 0 N–H and O–H groups in total. The summed E-state index contributed by atoms with van der Waals surface area (Å²) in [5.74, 6) is -0.358. The van der Waals surface area contributed by atoms with Gasteiger partial charge in [-0.1, -0.05) is 11.2 Å². The number of nitrogens with zero attached hydrogens (tertiary/aromatic N) is 2. The first-order chi connectivity index (χ1) is 7.31. The second-order valence-electron chi connectivity index (χ2n) is 2.79. The van der Waals surface area contributed by atoms with Crippen molar-refractivity contribution in [1.29, 1.82) is 0 Å². The normalized spacial score (nSPS) is 10.2. The van der Waals surface area contributed by atoms with E-state index >= 15 is 0 Å². The van der Waals surface area contributed by atoms with Crippen LogP contribution in [0.5, 0.6) is 0 Å². The molecule has 2 aromatic rings. The molecular weight excluding hydrogens is 216 g/mol. The van der Waals surface area contributed by atoms with Crippen molar-refractivity contribution in [2.45, 2.75) is 6.42 Å². The SMILES string of the molecule is COC(=O)Cc1nonc1-c1cccs1. The van der Waals surface area contributed by atoms with Gasteiger partial charge in [0, 0.05) is 0 Å². The predicted octanol–water partition coefficient (Wildman–Crippen LogP) is 1.51. The number of thiophene rings is 1. The molecule has 5 nitrogen and oxygen atoms in total. The lowest BCUT2D eigenvalue weighted by molar-refractivity contribution is -0.139. The van der Waals surface area contributed by atoms with Gasteiger partial charge < -0.3 is 4.74 Å². The summed E-state index contributed by atoms with van der Waals surface area (Å²) in [7, 11) is 1.33. The van der Waals surface area contributed by atoms with Crippen LogP contribution in [-0.4, -0.2) is 23.4 Å². The fourth-order valence-corrected chi connectivity index (χ4v) is 1.86. The van der Waals surface area contributed by atoms with Gasteiger partial charge in [-0.05, 0) is 16.6 Å². The maximum Gasteiger partial charge on any atom is 0.311 e. The topological polar surface area (TPSA) is 65.2 Å². The van der Waals surface area contributed by atoms with Crippen LogP contribution in [0.15, 0.2) is 22.1 Å². The molecule has 78 valence electrons. The van der Waals surface area contributed by atoms with E-state index in [4.69, 9.17) is 0 Å². The molecule has 0 bridgehead atoms. The molecule has 0 aliphatic carbocycles. The lowest BCUT2D eigenvalue weighted by atomic mass is 10.2. The molecule has 0 unspecified atom stereocenters. The Labute approximate surface area is 89.6 Å². The van der Waals surface area contributed by atoms with E-state index in [-0.39, 0.29) is 12.4 Å². The molecule has 0 spiro atoms. The molecule has 0 radical (unpaired) electrons. The van der Waals surface area contributed by atoms with Gasteiger partial charge in [0.1, 0.15) is 11.4 Å². The summed E-state index contributed by atoms with van der Waals surface area (Å²) in [6.07, 6.45) is 0.0766. The number of carbonyl (C=O) groups is 1. The third kappa shape index (κ3) is 2.04. The van der Waals surface area contributed by atoms with Gasteiger partial charge in [-0.25, -0.2) is 4.63 Å². The first-order valence-electron chi connectivity index (χ1n) is 4.23. The fourth-order valence-electron chi connectivity index (χ4n) is 1.13. The van der Waals surface area contributed by atoms with E-state index in [0.29, 0.717) is 11.4 Å². The van der Waals surface area contributed by atoms with Crippen LogP contribution in [0.1, 0.15) is 5.69 Å². The first kappa shape index (κ1) is 9.85. The molecule has 0 aliphatic heterocycles. The van der Waals surface area contributed by atoms with Crippen LogP contribution in [0.2, 0.25) is 0 Å². The van der Waals surface area contributed by atoms with Crippen molar-refractivity contribution in [3.8, 4) is 10.6 Å². The van der Waals surface area contributed by atoms with E-state index in [1.165, 1.54) is 18.4 Å². The van der Waals surface area contributed by atoms with Crippen molar-refractivity contribution in [1.82, 2.24) is 10.3 Å². The summed E-state index contributed by atoms with van der Waals surface area (Å²) in [5.41, 5.74) is 1.11. The lowest BCUT2D eigenvalue weighted by Crippen LogP contribution is -2.05. The number of esters is 1. The number of carbonyl (C=O) groups excluding carboxylic acids is 1. The number of aromatic nitrogens is 2. The molecule has 2 rings (SSSR count). The molecule has 6 heteroatoms. The van der Waals surface area contributed by atoms with Gasteiger partial charge in [-0.2, -0.15) is 0 Å². The second-order valence-corrected chi connectivity index (χ2v) is 3.74. The summed E-state index contributed by atoms with van der Waals surface area (Å²) in [6.45, 7) is 0. The number of hydrogen-bond donors (Lipinski definition) is 0. The van der Waals surface area contributed by atoms with Gasteiger partial charge in [-0.15, -0.1) is 11.3 Å². The van der Waals surface area contributed by atoms with Crippen LogP contribution in [0.4, 0.5) is 0 Å². The van der Waals surface area contributed by atoms with E-state index in [1.54, 1.807) is 0 Å². The van der Waals surface area contributed by atoms with Gasteiger partial charge in [0.15, 0.2) is 0 Å². The molecule has 0 saturated carbocycles. The molecule has 2 aromatic heterocycles. The Morgan fingerprint density at radius 2 is 2.47 bits per heavy atom.